The first-order valence-corrected chi connectivity index (χ1v) is 10.2. The Morgan fingerprint density at radius 1 is 1.07 bits per heavy atom. The van der Waals surface area contributed by atoms with Gasteiger partial charge < -0.3 is 4.74 Å². The average Bonchev–Trinajstić information content (AvgIpc) is 3.16. The van der Waals surface area contributed by atoms with Gasteiger partial charge in [-0.15, -0.1) is 11.3 Å². The predicted octanol–water partition coefficient (Wildman–Crippen LogP) is 4.93. The Labute approximate surface area is 174 Å². The van der Waals surface area contributed by atoms with Crippen molar-refractivity contribution in [2.75, 3.05) is 13.2 Å². The number of benzene rings is 2. The molecule has 148 valence electrons. The Hall–Kier alpha value is -2.77. The van der Waals surface area contributed by atoms with E-state index in [2.05, 4.69) is 0 Å². The van der Waals surface area contributed by atoms with Gasteiger partial charge in [0.15, 0.2) is 0 Å². The summed E-state index contributed by atoms with van der Waals surface area (Å²) in [5.74, 6) is -1.57. The van der Waals surface area contributed by atoms with Crippen molar-refractivity contribution in [2.24, 2.45) is 0 Å². The number of carbonyl (C=O) groups is 3. The number of unbranched alkanes of at least 4 members (excludes halogenated alkanes) is 1. The minimum absolute atomic E-state index is 0.126. The summed E-state index contributed by atoms with van der Waals surface area (Å²) >= 11 is 7.29. The molecule has 3 aromatic rings. The van der Waals surface area contributed by atoms with Crippen molar-refractivity contribution in [1.82, 2.24) is 4.90 Å². The quantitative estimate of drug-likeness (QED) is 0.315. The molecule has 4 rings (SSSR count). The highest BCUT2D eigenvalue weighted by atomic mass is 35.5. The molecule has 29 heavy (non-hydrogen) atoms. The van der Waals surface area contributed by atoms with E-state index in [0.29, 0.717) is 34.1 Å². The first kappa shape index (κ1) is 19.5. The van der Waals surface area contributed by atoms with Gasteiger partial charge in [-0.05, 0) is 43.2 Å². The van der Waals surface area contributed by atoms with Crippen LogP contribution in [0.15, 0.2) is 42.5 Å². The molecule has 2 aromatic carbocycles. The summed E-state index contributed by atoms with van der Waals surface area (Å²) in [4.78, 5) is 38.3. The van der Waals surface area contributed by atoms with Gasteiger partial charge in [0.2, 0.25) is 0 Å². The van der Waals surface area contributed by atoms with E-state index in [1.807, 2.05) is 0 Å². The number of fused-ring (bicyclic) bond motifs is 2. The minimum atomic E-state index is -0.572. The summed E-state index contributed by atoms with van der Waals surface area (Å²) in [7, 11) is 0. The van der Waals surface area contributed by atoms with Crippen molar-refractivity contribution in [3.8, 4) is 0 Å². The molecule has 8 heteroatoms. The fourth-order valence-electron chi connectivity index (χ4n) is 3.21. The van der Waals surface area contributed by atoms with E-state index in [1.165, 1.54) is 23.1 Å². The highest BCUT2D eigenvalue weighted by Crippen LogP contribution is 2.36. The Morgan fingerprint density at radius 3 is 2.45 bits per heavy atom. The molecule has 0 unspecified atom stereocenters. The van der Waals surface area contributed by atoms with Crippen LogP contribution in [0.2, 0.25) is 5.02 Å². The lowest BCUT2D eigenvalue weighted by Crippen LogP contribution is -2.30. The third-order valence-corrected chi connectivity index (χ3v) is 6.30. The monoisotopic (exact) mass is 431 g/mol. The zero-order chi connectivity index (χ0) is 20.5. The molecule has 0 saturated carbocycles. The third-order valence-electron chi connectivity index (χ3n) is 4.66. The number of carbonyl (C=O) groups excluding carboxylic acids is 3. The zero-order valence-electron chi connectivity index (χ0n) is 15.1. The maximum Gasteiger partial charge on any atom is 0.349 e. The zero-order valence-corrected chi connectivity index (χ0v) is 16.7. The van der Waals surface area contributed by atoms with Gasteiger partial charge in [-0.3, -0.25) is 14.5 Å². The number of nitrogens with zero attached hydrogens (tertiary/aromatic N) is 1. The fourth-order valence-corrected chi connectivity index (χ4v) is 4.64. The first-order chi connectivity index (χ1) is 14.0. The van der Waals surface area contributed by atoms with Crippen molar-refractivity contribution in [1.29, 1.82) is 0 Å². The SMILES string of the molecule is O=C(OCCCCN1C(=O)c2ccccc2C1=O)c1sc2cc(F)ccc2c1Cl. The second-order valence-electron chi connectivity index (χ2n) is 6.54. The number of esters is 1. The molecule has 2 heterocycles. The molecule has 1 aliphatic rings. The van der Waals surface area contributed by atoms with E-state index in [1.54, 1.807) is 24.3 Å². The van der Waals surface area contributed by atoms with E-state index in [-0.39, 0.29) is 34.9 Å². The van der Waals surface area contributed by atoms with Crippen LogP contribution in [-0.4, -0.2) is 35.8 Å². The van der Waals surface area contributed by atoms with Crippen molar-refractivity contribution >= 4 is 50.8 Å². The van der Waals surface area contributed by atoms with Gasteiger partial charge in [-0.25, -0.2) is 9.18 Å². The summed E-state index contributed by atoms with van der Waals surface area (Å²) in [5, 5.41) is 0.858. The van der Waals surface area contributed by atoms with E-state index >= 15 is 0 Å². The van der Waals surface area contributed by atoms with E-state index < -0.39 is 11.8 Å². The molecular formula is C21H15ClFNO4S. The lowest BCUT2D eigenvalue weighted by Gasteiger charge is -2.13. The number of ether oxygens (including phenoxy) is 1. The highest BCUT2D eigenvalue weighted by Gasteiger charge is 2.34. The van der Waals surface area contributed by atoms with Crippen LogP contribution >= 0.6 is 22.9 Å². The van der Waals surface area contributed by atoms with Crippen LogP contribution in [0.1, 0.15) is 43.2 Å². The Balaban J connectivity index is 1.29. The van der Waals surface area contributed by atoms with Crippen molar-refractivity contribution in [3.05, 3.63) is 69.3 Å². The van der Waals surface area contributed by atoms with Crippen LogP contribution in [0, 0.1) is 5.82 Å². The molecule has 2 amide bonds. The van der Waals surface area contributed by atoms with Crippen LogP contribution in [-0.2, 0) is 4.74 Å². The normalized spacial score (nSPS) is 13.2. The predicted molar refractivity (Wildman–Crippen MR) is 108 cm³/mol. The van der Waals surface area contributed by atoms with Crippen LogP contribution in [0.4, 0.5) is 4.39 Å². The molecule has 5 nitrogen and oxygen atoms in total. The molecule has 1 aliphatic heterocycles. The maximum atomic E-state index is 13.3. The largest absolute Gasteiger partial charge is 0.461 e. The second-order valence-corrected chi connectivity index (χ2v) is 7.97. The van der Waals surface area contributed by atoms with Gasteiger partial charge >= 0.3 is 5.97 Å². The summed E-state index contributed by atoms with van der Waals surface area (Å²) in [6.07, 6.45) is 0.987. The summed E-state index contributed by atoms with van der Waals surface area (Å²) in [6, 6.07) is 10.9. The molecule has 0 atom stereocenters. The molecule has 0 spiro atoms. The van der Waals surface area contributed by atoms with Gasteiger partial charge in [0, 0.05) is 16.6 Å². The van der Waals surface area contributed by atoms with Gasteiger partial charge in [-0.1, -0.05) is 23.7 Å². The Kier molecular flexibility index (Phi) is 5.34. The fraction of sp³-hybridized carbons (Fsp3) is 0.190. The summed E-state index contributed by atoms with van der Waals surface area (Å²) in [5.41, 5.74) is 0.833. The smallest absolute Gasteiger partial charge is 0.349 e. The number of imide groups is 1. The number of amides is 2. The van der Waals surface area contributed by atoms with Crippen LogP contribution in [0.3, 0.4) is 0 Å². The van der Waals surface area contributed by atoms with Gasteiger partial charge in [0.25, 0.3) is 11.8 Å². The maximum absolute atomic E-state index is 13.3. The first-order valence-electron chi connectivity index (χ1n) is 8.97. The molecule has 0 fully saturated rings. The molecular weight excluding hydrogens is 417 g/mol. The number of hydrogen-bond donors (Lipinski definition) is 0. The van der Waals surface area contributed by atoms with Gasteiger partial charge in [-0.2, -0.15) is 0 Å². The summed E-state index contributed by atoms with van der Waals surface area (Å²) < 4.78 is 19.2. The molecule has 0 aliphatic carbocycles. The van der Waals surface area contributed by atoms with Crippen LogP contribution in [0.25, 0.3) is 10.1 Å². The molecule has 1 aromatic heterocycles. The minimum Gasteiger partial charge on any atom is -0.461 e. The van der Waals surface area contributed by atoms with E-state index in [0.717, 1.165) is 11.3 Å². The van der Waals surface area contributed by atoms with E-state index in [9.17, 15) is 18.8 Å². The van der Waals surface area contributed by atoms with Gasteiger partial charge in [0.1, 0.15) is 10.7 Å². The van der Waals surface area contributed by atoms with Crippen molar-refractivity contribution in [3.63, 3.8) is 0 Å². The van der Waals surface area contributed by atoms with Crippen molar-refractivity contribution < 1.29 is 23.5 Å². The van der Waals surface area contributed by atoms with Crippen LogP contribution < -0.4 is 0 Å². The molecule has 0 bridgehead atoms. The molecule has 0 radical (unpaired) electrons. The number of hydrogen-bond acceptors (Lipinski definition) is 5. The van der Waals surface area contributed by atoms with Gasteiger partial charge in [0.05, 0.1) is 22.8 Å². The second kappa shape index (κ2) is 7.93. The summed E-state index contributed by atoms with van der Waals surface area (Å²) in [6.45, 7) is 0.383. The number of halogens is 2. The van der Waals surface area contributed by atoms with Crippen molar-refractivity contribution in [2.45, 2.75) is 12.8 Å². The third kappa shape index (κ3) is 3.63. The molecule has 0 N–H and O–H groups in total. The Morgan fingerprint density at radius 2 is 1.76 bits per heavy atom. The lowest BCUT2D eigenvalue weighted by molar-refractivity contribution is 0.0491. The standard InChI is InChI=1S/C21H15ClFNO4S/c22-17-15-8-7-12(23)11-16(15)29-18(17)21(27)28-10-4-3-9-24-19(25)13-5-1-2-6-14(13)20(24)26/h1-2,5-8,11H,3-4,9-10H2. The van der Waals surface area contributed by atoms with Crippen LogP contribution in [0.5, 0.6) is 0 Å². The Bertz CT molecular complexity index is 1110. The number of thiophene rings is 1. The highest BCUT2D eigenvalue weighted by molar-refractivity contribution is 7.21. The number of rotatable bonds is 6. The van der Waals surface area contributed by atoms with E-state index in [4.69, 9.17) is 16.3 Å². The average molecular weight is 432 g/mol. The topological polar surface area (TPSA) is 63.7 Å². The molecule has 0 saturated heterocycles. The lowest BCUT2D eigenvalue weighted by atomic mass is 10.1.